The van der Waals surface area contributed by atoms with Crippen LogP contribution in [0, 0.1) is 18.3 Å². The molecule has 0 radical (unpaired) electrons. The van der Waals surface area contributed by atoms with Gasteiger partial charge in [0.05, 0.1) is 26.0 Å². The lowest BCUT2D eigenvalue weighted by atomic mass is 10.1. The maximum atomic E-state index is 8.48. The molecule has 0 amide bonds. The van der Waals surface area contributed by atoms with Crippen molar-refractivity contribution in [1.29, 1.82) is 5.26 Å². The number of benzene rings is 1. The highest BCUT2D eigenvalue weighted by atomic mass is 16.5. The smallest absolute Gasteiger partial charge is 0.148 e. The highest BCUT2D eigenvalue weighted by Gasteiger charge is 2.10. The van der Waals surface area contributed by atoms with Crippen LogP contribution in [0.25, 0.3) is 0 Å². The molecule has 0 spiro atoms. The maximum Gasteiger partial charge on any atom is 0.148 e. The Morgan fingerprint density at radius 1 is 1.33 bits per heavy atom. The van der Waals surface area contributed by atoms with Gasteiger partial charge in [-0.15, -0.1) is 0 Å². The molecular weight excluding hydrogens is 192 g/mol. The average Bonchev–Trinajstić information content (AvgIpc) is 2.26. The number of nitrogens with zero attached hydrogens (tertiary/aromatic N) is 1. The second-order valence-electron chi connectivity index (χ2n) is 2.99. The van der Waals surface area contributed by atoms with E-state index in [-0.39, 0.29) is 6.54 Å². The van der Waals surface area contributed by atoms with Crippen molar-refractivity contribution in [3.05, 3.63) is 17.7 Å². The Bertz CT molecular complexity index is 383. The van der Waals surface area contributed by atoms with Gasteiger partial charge in [-0.3, -0.25) is 0 Å². The number of hydrogen-bond donors (Lipinski definition) is 1. The second-order valence-corrected chi connectivity index (χ2v) is 2.99. The van der Waals surface area contributed by atoms with E-state index in [0.29, 0.717) is 5.75 Å². The fraction of sp³-hybridized carbons (Fsp3) is 0.364. The molecule has 1 aromatic rings. The molecule has 0 heterocycles. The predicted molar refractivity (Wildman–Crippen MR) is 58.4 cm³/mol. The molecule has 80 valence electrons. The molecule has 1 aromatic carbocycles. The van der Waals surface area contributed by atoms with Gasteiger partial charge in [0, 0.05) is 5.56 Å². The van der Waals surface area contributed by atoms with E-state index in [9.17, 15) is 0 Å². The summed E-state index contributed by atoms with van der Waals surface area (Å²) in [7, 11) is 3.21. The van der Waals surface area contributed by atoms with Crippen molar-refractivity contribution >= 4 is 5.69 Å². The minimum atomic E-state index is 0.252. The van der Waals surface area contributed by atoms with Crippen LogP contribution in [0.1, 0.15) is 5.56 Å². The molecule has 0 saturated heterocycles. The van der Waals surface area contributed by atoms with E-state index >= 15 is 0 Å². The van der Waals surface area contributed by atoms with Gasteiger partial charge in [0.15, 0.2) is 0 Å². The first kappa shape index (κ1) is 11.2. The zero-order valence-corrected chi connectivity index (χ0v) is 9.13. The molecule has 0 aliphatic carbocycles. The standard InChI is InChI=1S/C11H14N2O2/c1-8-10(14-2)5-4-9(11(8)15-3)13-7-6-12/h4-5,13H,7H2,1-3H3. The summed E-state index contributed by atoms with van der Waals surface area (Å²) in [5.41, 5.74) is 1.72. The molecule has 1 N–H and O–H groups in total. The zero-order valence-electron chi connectivity index (χ0n) is 9.13. The summed E-state index contributed by atoms with van der Waals surface area (Å²) in [5.74, 6) is 1.49. The third kappa shape index (κ3) is 2.32. The van der Waals surface area contributed by atoms with Gasteiger partial charge in [-0.1, -0.05) is 0 Å². The normalized spacial score (nSPS) is 9.20. The largest absolute Gasteiger partial charge is 0.496 e. The Kier molecular flexibility index (Phi) is 3.81. The molecule has 0 aliphatic heterocycles. The highest BCUT2D eigenvalue weighted by Crippen LogP contribution is 2.34. The molecule has 0 atom stereocenters. The number of anilines is 1. The summed E-state index contributed by atoms with van der Waals surface area (Å²) in [6.07, 6.45) is 0. The molecule has 0 fully saturated rings. The van der Waals surface area contributed by atoms with E-state index in [4.69, 9.17) is 14.7 Å². The van der Waals surface area contributed by atoms with Crippen molar-refractivity contribution in [2.24, 2.45) is 0 Å². The minimum Gasteiger partial charge on any atom is -0.496 e. The molecule has 0 unspecified atom stereocenters. The van der Waals surface area contributed by atoms with E-state index in [0.717, 1.165) is 17.0 Å². The van der Waals surface area contributed by atoms with Gasteiger partial charge in [0.1, 0.15) is 18.0 Å². The minimum absolute atomic E-state index is 0.252. The molecule has 4 heteroatoms. The van der Waals surface area contributed by atoms with E-state index < -0.39 is 0 Å². The van der Waals surface area contributed by atoms with Crippen LogP contribution in [0.2, 0.25) is 0 Å². The van der Waals surface area contributed by atoms with Gasteiger partial charge < -0.3 is 14.8 Å². The van der Waals surface area contributed by atoms with Crippen molar-refractivity contribution in [3.8, 4) is 17.6 Å². The third-order valence-electron chi connectivity index (χ3n) is 2.14. The summed E-state index contributed by atoms with van der Waals surface area (Å²) in [4.78, 5) is 0. The molecular formula is C11H14N2O2. The number of nitrogens with one attached hydrogen (secondary N) is 1. The van der Waals surface area contributed by atoms with Crippen molar-refractivity contribution in [2.75, 3.05) is 26.1 Å². The van der Waals surface area contributed by atoms with E-state index in [1.165, 1.54) is 0 Å². The topological polar surface area (TPSA) is 54.3 Å². The molecule has 15 heavy (non-hydrogen) atoms. The quantitative estimate of drug-likeness (QED) is 0.765. The van der Waals surface area contributed by atoms with Gasteiger partial charge in [0.2, 0.25) is 0 Å². The van der Waals surface area contributed by atoms with Crippen LogP contribution >= 0.6 is 0 Å². The van der Waals surface area contributed by atoms with Crippen LogP contribution in [-0.2, 0) is 0 Å². The fourth-order valence-corrected chi connectivity index (χ4v) is 1.43. The lowest BCUT2D eigenvalue weighted by molar-refractivity contribution is 0.390. The molecule has 0 saturated carbocycles. The van der Waals surface area contributed by atoms with E-state index in [1.54, 1.807) is 14.2 Å². The van der Waals surface area contributed by atoms with Gasteiger partial charge in [-0.25, -0.2) is 0 Å². The van der Waals surface area contributed by atoms with Gasteiger partial charge >= 0.3 is 0 Å². The second kappa shape index (κ2) is 5.11. The fourth-order valence-electron chi connectivity index (χ4n) is 1.43. The number of ether oxygens (including phenoxy) is 2. The average molecular weight is 206 g/mol. The van der Waals surface area contributed by atoms with Gasteiger partial charge in [0.25, 0.3) is 0 Å². The zero-order chi connectivity index (χ0) is 11.3. The lowest BCUT2D eigenvalue weighted by Gasteiger charge is -2.14. The van der Waals surface area contributed by atoms with Crippen molar-refractivity contribution in [3.63, 3.8) is 0 Å². The van der Waals surface area contributed by atoms with E-state index in [2.05, 4.69) is 5.32 Å². The maximum absolute atomic E-state index is 8.48. The molecule has 0 aromatic heterocycles. The van der Waals surface area contributed by atoms with Crippen LogP contribution in [-0.4, -0.2) is 20.8 Å². The highest BCUT2D eigenvalue weighted by molar-refractivity contribution is 5.64. The molecule has 0 bridgehead atoms. The SMILES string of the molecule is COc1ccc(NCC#N)c(OC)c1C. The van der Waals surface area contributed by atoms with Crippen LogP contribution in [0.4, 0.5) is 5.69 Å². The third-order valence-corrected chi connectivity index (χ3v) is 2.14. The summed E-state index contributed by atoms with van der Waals surface area (Å²) in [5, 5.41) is 11.4. The summed E-state index contributed by atoms with van der Waals surface area (Å²) < 4.78 is 10.4. The number of nitriles is 1. The predicted octanol–water partition coefficient (Wildman–Crippen LogP) is 1.95. The molecule has 1 rings (SSSR count). The van der Waals surface area contributed by atoms with Crippen molar-refractivity contribution < 1.29 is 9.47 Å². The molecule has 4 nitrogen and oxygen atoms in total. The number of hydrogen-bond acceptors (Lipinski definition) is 4. The van der Waals surface area contributed by atoms with Gasteiger partial charge in [-0.05, 0) is 19.1 Å². The summed E-state index contributed by atoms with van der Waals surface area (Å²) in [6, 6.07) is 5.70. The molecule has 0 aliphatic rings. The van der Waals surface area contributed by atoms with Crippen LogP contribution < -0.4 is 14.8 Å². The Morgan fingerprint density at radius 2 is 2.07 bits per heavy atom. The number of methoxy groups -OCH3 is 2. The van der Waals surface area contributed by atoms with Crippen LogP contribution in [0.5, 0.6) is 11.5 Å². The summed E-state index contributed by atoms with van der Waals surface area (Å²) >= 11 is 0. The Morgan fingerprint density at radius 3 is 2.60 bits per heavy atom. The lowest BCUT2D eigenvalue weighted by Crippen LogP contribution is -2.02. The Hall–Kier alpha value is -1.89. The summed E-state index contributed by atoms with van der Waals surface area (Å²) in [6.45, 7) is 2.16. The van der Waals surface area contributed by atoms with Crippen molar-refractivity contribution in [1.82, 2.24) is 0 Å². The first-order valence-electron chi connectivity index (χ1n) is 4.57. The monoisotopic (exact) mass is 206 g/mol. The first-order valence-corrected chi connectivity index (χ1v) is 4.57. The van der Waals surface area contributed by atoms with Crippen LogP contribution in [0.3, 0.4) is 0 Å². The van der Waals surface area contributed by atoms with Gasteiger partial charge in [-0.2, -0.15) is 5.26 Å². The van der Waals surface area contributed by atoms with E-state index in [1.807, 2.05) is 25.1 Å². The Balaban J connectivity index is 3.08. The first-order chi connectivity index (χ1) is 7.24. The number of rotatable bonds is 4. The van der Waals surface area contributed by atoms with Crippen molar-refractivity contribution in [2.45, 2.75) is 6.92 Å². The Labute approximate surface area is 89.4 Å². The van der Waals surface area contributed by atoms with Crippen LogP contribution in [0.15, 0.2) is 12.1 Å².